The fraction of sp³-hybridized carbons (Fsp3) is 0.706. The van der Waals surface area contributed by atoms with Crippen LogP contribution in [-0.2, 0) is 0 Å². The van der Waals surface area contributed by atoms with Crippen LogP contribution in [0, 0.1) is 13.8 Å². The molecule has 1 nitrogen and oxygen atoms in total. The maximum atomic E-state index is 4.08. The lowest BCUT2D eigenvalue weighted by Gasteiger charge is -1.93. The summed E-state index contributed by atoms with van der Waals surface area (Å²) in [7, 11) is 0. The lowest BCUT2D eigenvalue weighted by Crippen LogP contribution is -1.78. The van der Waals surface area contributed by atoms with Gasteiger partial charge in [0.2, 0.25) is 0 Å². The Balaban J connectivity index is 0. The van der Waals surface area contributed by atoms with Gasteiger partial charge in [-0.05, 0) is 25.5 Å². The molecule has 1 heterocycles. The molecule has 0 atom stereocenters. The van der Waals surface area contributed by atoms with Gasteiger partial charge in [-0.1, -0.05) is 72.3 Å². The van der Waals surface area contributed by atoms with Crippen LogP contribution >= 0.6 is 0 Å². The number of unbranched alkanes of at least 4 members (excludes halogenated alkanes) is 5. The van der Waals surface area contributed by atoms with Crippen LogP contribution in [0.25, 0.3) is 0 Å². The Kier molecular flexibility index (Phi) is 17.5. The summed E-state index contributed by atoms with van der Waals surface area (Å²) in [4.78, 5) is 4.08. The number of rotatable bonds is 5. The normalized spacial score (nSPS) is 8.78. The van der Waals surface area contributed by atoms with Gasteiger partial charge in [-0.15, -0.1) is 0 Å². The van der Waals surface area contributed by atoms with E-state index < -0.39 is 0 Å². The fourth-order valence-electron chi connectivity index (χ4n) is 1.40. The largest absolute Gasteiger partial charge is 0.261 e. The van der Waals surface area contributed by atoms with Crippen LogP contribution in [0.3, 0.4) is 0 Å². The van der Waals surface area contributed by atoms with Crippen molar-refractivity contribution >= 4 is 0 Å². The Morgan fingerprint density at radius 2 is 1.33 bits per heavy atom. The molecule has 0 aliphatic rings. The van der Waals surface area contributed by atoms with Crippen LogP contribution < -0.4 is 0 Å². The van der Waals surface area contributed by atoms with E-state index in [-0.39, 0.29) is 0 Å². The molecule has 0 N–H and O–H groups in total. The van der Waals surface area contributed by atoms with E-state index in [9.17, 15) is 0 Å². The van der Waals surface area contributed by atoms with E-state index in [1.54, 1.807) is 0 Å². The highest BCUT2D eigenvalue weighted by Crippen LogP contribution is 2.03. The molecule has 0 fully saturated rings. The van der Waals surface area contributed by atoms with Gasteiger partial charge in [-0.2, -0.15) is 0 Å². The van der Waals surface area contributed by atoms with E-state index in [0.717, 1.165) is 5.69 Å². The second-order valence-corrected chi connectivity index (χ2v) is 4.39. The minimum atomic E-state index is 1.08. The molecule has 0 bridgehead atoms. The molecular weight excluding hydrogens is 218 g/mol. The van der Waals surface area contributed by atoms with E-state index in [1.165, 1.54) is 44.1 Å². The van der Waals surface area contributed by atoms with Gasteiger partial charge in [0, 0.05) is 11.9 Å². The summed E-state index contributed by atoms with van der Waals surface area (Å²) in [6, 6.07) is 4.07. The molecule has 0 saturated carbocycles. The summed E-state index contributed by atoms with van der Waals surface area (Å²) in [5.74, 6) is 0. The number of hydrogen-bond acceptors (Lipinski definition) is 1. The van der Waals surface area contributed by atoms with Crippen LogP contribution in [-0.4, -0.2) is 4.98 Å². The molecule has 0 unspecified atom stereocenters. The van der Waals surface area contributed by atoms with E-state index in [1.807, 2.05) is 40.0 Å². The number of nitrogens with zero attached hydrogens (tertiary/aromatic N) is 1. The van der Waals surface area contributed by atoms with Gasteiger partial charge in [0.15, 0.2) is 0 Å². The summed E-state index contributed by atoms with van der Waals surface area (Å²) < 4.78 is 0. The summed E-state index contributed by atoms with van der Waals surface area (Å²) in [5.41, 5.74) is 2.30. The van der Waals surface area contributed by atoms with Crippen molar-refractivity contribution in [1.82, 2.24) is 4.98 Å². The molecule has 1 rings (SSSR count). The van der Waals surface area contributed by atoms with Gasteiger partial charge in [0.1, 0.15) is 0 Å². The zero-order valence-electron chi connectivity index (χ0n) is 13.4. The highest BCUT2D eigenvalue weighted by atomic mass is 14.6. The maximum absolute atomic E-state index is 4.08. The molecule has 18 heavy (non-hydrogen) atoms. The van der Waals surface area contributed by atoms with Gasteiger partial charge in [0.25, 0.3) is 0 Å². The number of aryl methyl sites for hydroxylation is 2. The zero-order chi connectivity index (χ0) is 14.2. The molecule has 1 aromatic heterocycles. The first-order valence-corrected chi connectivity index (χ1v) is 7.60. The molecule has 1 aromatic rings. The third-order valence-electron chi connectivity index (χ3n) is 2.52. The van der Waals surface area contributed by atoms with E-state index in [4.69, 9.17) is 0 Å². The van der Waals surface area contributed by atoms with Gasteiger partial charge in [0.05, 0.1) is 0 Å². The minimum Gasteiger partial charge on any atom is -0.261 e. The minimum absolute atomic E-state index is 1.08. The van der Waals surface area contributed by atoms with E-state index >= 15 is 0 Å². The first-order valence-electron chi connectivity index (χ1n) is 7.60. The topological polar surface area (TPSA) is 12.9 Å². The van der Waals surface area contributed by atoms with Crippen molar-refractivity contribution in [2.24, 2.45) is 0 Å². The van der Waals surface area contributed by atoms with Crippen molar-refractivity contribution in [1.29, 1.82) is 0 Å². The van der Waals surface area contributed by atoms with Crippen LogP contribution in [0.2, 0.25) is 0 Å². The average molecular weight is 251 g/mol. The number of pyridine rings is 1. The highest BCUT2D eigenvalue weighted by Gasteiger charge is 1.83. The summed E-state index contributed by atoms with van der Waals surface area (Å²) in [6.45, 7) is 12.5. The first-order chi connectivity index (χ1) is 8.70. The zero-order valence-corrected chi connectivity index (χ0v) is 13.4. The standard InChI is InChI=1S/C8H18.C7H9N.C2H6/c1-3-5-7-8-6-4-2;1-6-3-4-7(2)8-5-6;1-2/h3-8H2,1-2H3;3-5H,1-2H3;1-2H3. The second-order valence-electron chi connectivity index (χ2n) is 4.39. The van der Waals surface area contributed by atoms with Gasteiger partial charge in [-0.3, -0.25) is 4.98 Å². The van der Waals surface area contributed by atoms with Crippen molar-refractivity contribution < 1.29 is 0 Å². The van der Waals surface area contributed by atoms with Crippen LogP contribution in [0.15, 0.2) is 18.3 Å². The fourth-order valence-corrected chi connectivity index (χ4v) is 1.40. The molecule has 1 heteroatoms. The smallest absolute Gasteiger partial charge is 0.0372 e. The molecule has 0 aliphatic carbocycles. The Labute approximate surface area is 115 Å². The molecule has 0 aliphatic heterocycles. The Morgan fingerprint density at radius 1 is 0.833 bits per heavy atom. The van der Waals surface area contributed by atoms with Gasteiger partial charge in [-0.25, -0.2) is 0 Å². The van der Waals surface area contributed by atoms with Crippen molar-refractivity contribution in [3.8, 4) is 0 Å². The Morgan fingerprint density at radius 3 is 1.61 bits per heavy atom. The number of hydrogen-bond donors (Lipinski definition) is 0. The van der Waals surface area contributed by atoms with Crippen molar-refractivity contribution in [2.75, 3.05) is 0 Å². The lowest BCUT2D eigenvalue weighted by molar-refractivity contribution is 0.624. The Bertz CT molecular complexity index is 211. The SMILES string of the molecule is CC.CCCCCCCC.Cc1ccc(C)nc1. The molecule has 0 saturated heterocycles. The summed E-state index contributed by atoms with van der Waals surface area (Å²) in [6.07, 6.45) is 10.4. The van der Waals surface area contributed by atoms with Crippen LogP contribution in [0.5, 0.6) is 0 Å². The maximum Gasteiger partial charge on any atom is 0.0372 e. The third kappa shape index (κ3) is 15.1. The van der Waals surface area contributed by atoms with Crippen molar-refractivity contribution in [2.45, 2.75) is 80.1 Å². The van der Waals surface area contributed by atoms with Crippen molar-refractivity contribution in [3.05, 3.63) is 29.6 Å². The first kappa shape index (κ1) is 19.5. The lowest BCUT2D eigenvalue weighted by atomic mass is 10.1. The van der Waals surface area contributed by atoms with E-state index in [0.29, 0.717) is 0 Å². The summed E-state index contributed by atoms with van der Waals surface area (Å²) >= 11 is 0. The summed E-state index contributed by atoms with van der Waals surface area (Å²) in [5, 5.41) is 0. The molecule has 0 radical (unpaired) electrons. The average Bonchev–Trinajstić information content (AvgIpc) is 2.41. The third-order valence-corrected chi connectivity index (χ3v) is 2.52. The molecule has 0 spiro atoms. The van der Waals surface area contributed by atoms with Crippen LogP contribution in [0.1, 0.15) is 77.5 Å². The Hall–Kier alpha value is -0.850. The molecule has 106 valence electrons. The molecular formula is C17H33N. The van der Waals surface area contributed by atoms with Gasteiger partial charge < -0.3 is 0 Å². The monoisotopic (exact) mass is 251 g/mol. The second kappa shape index (κ2) is 16.1. The molecule has 0 amide bonds. The number of aromatic nitrogens is 1. The van der Waals surface area contributed by atoms with Crippen LogP contribution in [0.4, 0.5) is 0 Å². The van der Waals surface area contributed by atoms with Gasteiger partial charge >= 0.3 is 0 Å². The highest BCUT2D eigenvalue weighted by molar-refractivity contribution is 5.10. The van der Waals surface area contributed by atoms with Crippen molar-refractivity contribution in [3.63, 3.8) is 0 Å². The predicted octanol–water partition coefficient (Wildman–Crippen LogP) is 6.09. The quantitative estimate of drug-likeness (QED) is 0.577. The van der Waals surface area contributed by atoms with E-state index in [2.05, 4.69) is 24.9 Å². The molecule has 0 aromatic carbocycles. The predicted molar refractivity (Wildman–Crippen MR) is 84.1 cm³/mol.